The van der Waals surface area contributed by atoms with Crippen molar-refractivity contribution in [1.29, 1.82) is 0 Å². The van der Waals surface area contributed by atoms with Gasteiger partial charge in [0.1, 0.15) is 12.4 Å². The van der Waals surface area contributed by atoms with Gasteiger partial charge in [0, 0.05) is 32.4 Å². The van der Waals surface area contributed by atoms with E-state index in [9.17, 15) is 5.11 Å². The van der Waals surface area contributed by atoms with E-state index in [1.165, 1.54) is 16.7 Å². The summed E-state index contributed by atoms with van der Waals surface area (Å²) in [6.07, 6.45) is 9.25. The first-order chi connectivity index (χ1) is 14.7. The van der Waals surface area contributed by atoms with E-state index in [1.807, 2.05) is 18.2 Å². The lowest BCUT2D eigenvalue weighted by molar-refractivity contribution is 0.0668. The number of hydrogen-bond donors (Lipinski definition) is 1. The van der Waals surface area contributed by atoms with Gasteiger partial charge in [-0.2, -0.15) is 0 Å². The highest BCUT2D eigenvalue weighted by atomic mass is 16.5. The molecule has 0 aliphatic carbocycles. The summed E-state index contributed by atoms with van der Waals surface area (Å²) >= 11 is 0. The number of rotatable bonds is 8. The molecule has 1 atom stereocenters. The highest BCUT2D eigenvalue weighted by Crippen LogP contribution is 2.16. The predicted molar refractivity (Wildman–Crippen MR) is 121 cm³/mol. The molecule has 0 spiro atoms. The van der Waals surface area contributed by atoms with Crippen LogP contribution >= 0.6 is 0 Å². The van der Waals surface area contributed by atoms with Crippen molar-refractivity contribution in [2.45, 2.75) is 38.5 Å². The Kier molecular flexibility index (Phi) is 7.22. The highest BCUT2D eigenvalue weighted by molar-refractivity contribution is 5.24. The van der Waals surface area contributed by atoms with Gasteiger partial charge in [0.2, 0.25) is 0 Å². The number of allylic oxidation sites excluding steroid dienone is 1. The van der Waals surface area contributed by atoms with Crippen LogP contribution in [-0.4, -0.2) is 47.2 Å². The van der Waals surface area contributed by atoms with E-state index in [0.29, 0.717) is 6.61 Å². The SMILES string of the molecule is OC1CCCN(Cc2ccc(CCN3C=CC(OCc4ccccc4)=CC3)cc2)C1. The van der Waals surface area contributed by atoms with E-state index in [0.717, 1.165) is 57.7 Å². The number of likely N-dealkylation sites (tertiary alicyclic amines) is 1. The molecule has 4 heteroatoms. The number of nitrogens with zero attached hydrogens (tertiary/aromatic N) is 2. The number of aliphatic hydroxyl groups excluding tert-OH is 1. The number of aliphatic hydroxyl groups is 1. The van der Waals surface area contributed by atoms with Crippen LogP contribution in [0.15, 0.2) is 78.7 Å². The standard InChI is InChI=1S/C26H32N2O2/c29-25-7-4-15-28(20-25)19-23-10-8-22(9-11-23)12-16-27-17-13-26(14-18-27)30-21-24-5-2-1-3-6-24/h1-3,5-6,8-11,13-14,17,25,29H,4,7,12,15-16,18-21H2. The second kappa shape index (κ2) is 10.5. The van der Waals surface area contributed by atoms with Crippen molar-refractivity contribution >= 4 is 0 Å². The first kappa shape index (κ1) is 20.7. The Morgan fingerprint density at radius 1 is 0.967 bits per heavy atom. The smallest absolute Gasteiger partial charge is 0.119 e. The lowest BCUT2D eigenvalue weighted by Crippen LogP contribution is -2.37. The van der Waals surface area contributed by atoms with Gasteiger partial charge in [0.25, 0.3) is 0 Å². The molecule has 1 unspecified atom stereocenters. The van der Waals surface area contributed by atoms with Crippen molar-refractivity contribution in [3.63, 3.8) is 0 Å². The molecule has 2 aromatic rings. The number of hydrogen-bond acceptors (Lipinski definition) is 4. The van der Waals surface area contributed by atoms with Crippen molar-refractivity contribution in [2.75, 3.05) is 26.2 Å². The van der Waals surface area contributed by atoms with Crippen LogP contribution in [0.3, 0.4) is 0 Å². The fourth-order valence-electron chi connectivity index (χ4n) is 4.05. The van der Waals surface area contributed by atoms with Gasteiger partial charge in [-0.25, -0.2) is 0 Å². The third-order valence-electron chi connectivity index (χ3n) is 5.82. The highest BCUT2D eigenvalue weighted by Gasteiger charge is 2.17. The zero-order valence-corrected chi connectivity index (χ0v) is 17.6. The second-order valence-corrected chi connectivity index (χ2v) is 8.29. The van der Waals surface area contributed by atoms with E-state index in [4.69, 9.17) is 4.74 Å². The summed E-state index contributed by atoms with van der Waals surface area (Å²) in [4.78, 5) is 4.67. The van der Waals surface area contributed by atoms with E-state index in [1.54, 1.807) is 0 Å². The first-order valence-corrected chi connectivity index (χ1v) is 11.0. The number of ether oxygens (including phenoxy) is 1. The monoisotopic (exact) mass is 404 g/mol. The summed E-state index contributed by atoms with van der Waals surface area (Å²) in [5.41, 5.74) is 3.88. The predicted octanol–water partition coefficient (Wildman–Crippen LogP) is 4.12. The fraction of sp³-hybridized carbons (Fsp3) is 0.385. The van der Waals surface area contributed by atoms with Crippen molar-refractivity contribution in [3.05, 3.63) is 95.4 Å². The molecule has 0 amide bonds. The summed E-state index contributed by atoms with van der Waals surface area (Å²) in [7, 11) is 0. The van der Waals surface area contributed by atoms with Crippen molar-refractivity contribution in [2.24, 2.45) is 0 Å². The van der Waals surface area contributed by atoms with E-state index >= 15 is 0 Å². The van der Waals surface area contributed by atoms with Crippen LogP contribution in [0.25, 0.3) is 0 Å². The fourth-order valence-corrected chi connectivity index (χ4v) is 4.05. The van der Waals surface area contributed by atoms with Gasteiger partial charge < -0.3 is 14.7 Å². The molecule has 1 saturated heterocycles. The Bertz CT molecular complexity index is 845. The zero-order chi connectivity index (χ0) is 20.6. The minimum atomic E-state index is -0.158. The quantitative estimate of drug-likeness (QED) is 0.718. The molecule has 2 aromatic carbocycles. The Morgan fingerprint density at radius 3 is 2.50 bits per heavy atom. The van der Waals surface area contributed by atoms with Crippen molar-refractivity contribution < 1.29 is 9.84 Å². The maximum atomic E-state index is 9.83. The molecular weight excluding hydrogens is 372 g/mol. The van der Waals surface area contributed by atoms with Crippen LogP contribution in [0.4, 0.5) is 0 Å². The Morgan fingerprint density at radius 2 is 1.77 bits per heavy atom. The van der Waals surface area contributed by atoms with Gasteiger partial charge >= 0.3 is 0 Å². The zero-order valence-electron chi connectivity index (χ0n) is 17.6. The largest absolute Gasteiger partial charge is 0.489 e. The van der Waals surface area contributed by atoms with Crippen LogP contribution in [0.5, 0.6) is 0 Å². The van der Waals surface area contributed by atoms with Gasteiger partial charge in [-0.3, -0.25) is 4.90 Å². The van der Waals surface area contributed by atoms with Gasteiger partial charge in [0.15, 0.2) is 0 Å². The molecule has 4 nitrogen and oxygen atoms in total. The van der Waals surface area contributed by atoms with E-state index in [-0.39, 0.29) is 6.10 Å². The Balaban J connectivity index is 1.18. The topological polar surface area (TPSA) is 35.9 Å². The molecule has 0 aromatic heterocycles. The summed E-state index contributed by atoms with van der Waals surface area (Å²) in [5.74, 6) is 0.947. The normalized spacial score (nSPS) is 19.6. The molecule has 1 N–H and O–H groups in total. The number of benzene rings is 2. The molecule has 4 rings (SSSR count). The first-order valence-electron chi connectivity index (χ1n) is 11.0. The molecule has 0 saturated carbocycles. The summed E-state index contributed by atoms with van der Waals surface area (Å²) < 4.78 is 5.89. The Labute approximate surface area is 180 Å². The van der Waals surface area contributed by atoms with Gasteiger partial charge in [-0.15, -0.1) is 0 Å². The average Bonchev–Trinajstić information content (AvgIpc) is 2.79. The van der Waals surface area contributed by atoms with Crippen LogP contribution in [-0.2, 0) is 24.3 Å². The third kappa shape index (κ3) is 6.22. The summed E-state index contributed by atoms with van der Waals surface area (Å²) in [6, 6.07) is 19.2. The lowest BCUT2D eigenvalue weighted by Gasteiger charge is -2.30. The number of β-amino-alcohol motifs (C(OH)–C–C–N with tert-alkyl or cyclic N) is 1. The van der Waals surface area contributed by atoms with Crippen molar-refractivity contribution in [3.8, 4) is 0 Å². The van der Waals surface area contributed by atoms with Crippen LogP contribution in [0.1, 0.15) is 29.5 Å². The Hall–Kier alpha value is -2.56. The molecule has 158 valence electrons. The maximum absolute atomic E-state index is 9.83. The van der Waals surface area contributed by atoms with Gasteiger partial charge in [-0.05, 0) is 54.6 Å². The molecule has 0 bridgehead atoms. The van der Waals surface area contributed by atoms with Crippen LogP contribution in [0, 0.1) is 0 Å². The van der Waals surface area contributed by atoms with Gasteiger partial charge in [-0.1, -0.05) is 54.6 Å². The third-order valence-corrected chi connectivity index (χ3v) is 5.82. The second-order valence-electron chi connectivity index (χ2n) is 8.29. The summed E-state index contributed by atoms with van der Waals surface area (Å²) in [5, 5.41) is 9.83. The molecular formula is C26H32N2O2. The molecule has 2 heterocycles. The molecule has 2 aliphatic rings. The molecule has 0 radical (unpaired) electrons. The van der Waals surface area contributed by atoms with Crippen LogP contribution < -0.4 is 0 Å². The van der Waals surface area contributed by atoms with Crippen LogP contribution in [0.2, 0.25) is 0 Å². The minimum Gasteiger partial charge on any atom is -0.489 e. The van der Waals surface area contributed by atoms with E-state index < -0.39 is 0 Å². The van der Waals surface area contributed by atoms with Gasteiger partial charge in [0.05, 0.1) is 6.10 Å². The minimum absolute atomic E-state index is 0.158. The molecule has 1 fully saturated rings. The number of piperidine rings is 1. The van der Waals surface area contributed by atoms with E-state index in [2.05, 4.69) is 64.6 Å². The average molecular weight is 405 g/mol. The molecule has 30 heavy (non-hydrogen) atoms. The maximum Gasteiger partial charge on any atom is 0.119 e. The lowest BCUT2D eigenvalue weighted by atomic mass is 10.1. The van der Waals surface area contributed by atoms with Crippen molar-refractivity contribution in [1.82, 2.24) is 9.80 Å². The molecule has 2 aliphatic heterocycles. The summed E-state index contributed by atoms with van der Waals surface area (Å²) in [6.45, 7) is 5.31.